The molecule has 0 unspecified atom stereocenters. The molecule has 0 spiro atoms. The summed E-state index contributed by atoms with van der Waals surface area (Å²) >= 11 is 0. The molecular formula is C21H20N2O5S. The minimum Gasteiger partial charge on any atom is -0.507 e. The highest BCUT2D eigenvalue weighted by Gasteiger charge is 2.27. The van der Waals surface area contributed by atoms with E-state index in [1.165, 1.54) is 22.5 Å². The lowest BCUT2D eigenvalue weighted by Gasteiger charge is -2.26. The topological polar surface area (TPSA) is 95.9 Å². The smallest absolute Gasteiger partial charge is 0.259 e. The van der Waals surface area contributed by atoms with Crippen molar-refractivity contribution in [2.45, 2.75) is 4.90 Å². The number of anilines is 1. The maximum atomic E-state index is 12.9. The summed E-state index contributed by atoms with van der Waals surface area (Å²) < 4.78 is 32.2. The van der Waals surface area contributed by atoms with Gasteiger partial charge in [0.2, 0.25) is 10.0 Å². The maximum Gasteiger partial charge on any atom is 0.259 e. The van der Waals surface area contributed by atoms with Crippen molar-refractivity contribution in [3.8, 4) is 5.75 Å². The molecule has 1 aliphatic rings. The van der Waals surface area contributed by atoms with E-state index in [0.717, 1.165) is 10.8 Å². The minimum absolute atomic E-state index is 0.0414. The van der Waals surface area contributed by atoms with Crippen molar-refractivity contribution in [2.75, 3.05) is 31.6 Å². The highest BCUT2D eigenvalue weighted by molar-refractivity contribution is 7.89. The van der Waals surface area contributed by atoms with Crippen LogP contribution in [0.25, 0.3) is 10.8 Å². The molecule has 1 saturated heterocycles. The van der Waals surface area contributed by atoms with Crippen molar-refractivity contribution in [1.82, 2.24) is 4.31 Å². The lowest BCUT2D eigenvalue weighted by molar-refractivity contribution is 0.0730. The van der Waals surface area contributed by atoms with Crippen molar-refractivity contribution >= 4 is 32.4 Å². The second-order valence-corrected chi connectivity index (χ2v) is 8.61. The summed E-state index contributed by atoms with van der Waals surface area (Å²) in [5, 5.41) is 14.8. The zero-order valence-corrected chi connectivity index (χ0v) is 16.4. The van der Waals surface area contributed by atoms with Gasteiger partial charge in [0.15, 0.2) is 0 Å². The summed E-state index contributed by atoms with van der Waals surface area (Å²) in [4.78, 5) is 12.8. The Labute approximate surface area is 168 Å². The van der Waals surface area contributed by atoms with E-state index in [1.54, 1.807) is 6.07 Å². The number of rotatable bonds is 4. The minimum atomic E-state index is -3.78. The lowest BCUT2D eigenvalue weighted by atomic mass is 10.1. The zero-order valence-electron chi connectivity index (χ0n) is 15.5. The first-order chi connectivity index (χ1) is 14.0. The van der Waals surface area contributed by atoms with Gasteiger partial charge in [-0.2, -0.15) is 4.31 Å². The maximum absolute atomic E-state index is 12.9. The number of ether oxygens (including phenoxy) is 1. The number of phenols is 1. The lowest BCUT2D eigenvalue weighted by Crippen LogP contribution is -2.40. The molecule has 0 saturated carbocycles. The Morgan fingerprint density at radius 3 is 2.52 bits per heavy atom. The summed E-state index contributed by atoms with van der Waals surface area (Å²) in [6, 6.07) is 16.8. The number of sulfonamides is 1. The quantitative estimate of drug-likeness (QED) is 0.687. The molecule has 0 atom stereocenters. The highest BCUT2D eigenvalue weighted by Crippen LogP contribution is 2.27. The molecule has 29 heavy (non-hydrogen) atoms. The summed E-state index contributed by atoms with van der Waals surface area (Å²) in [5.74, 6) is -0.874. The van der Waals surface area contributed by atoms with Gasteiger partial charge in [0, 0.05) is 24.2 Å². The molecule has 0 radical (unpaired) electrons. The molecule has 8 heteroatoms. The number of nitrogens with one attached hydrogen (secondary N) is 1. The number of benzene rings is 3. The predicted molar refractivity (Wildman–Crippen MR) is 110 cm³/mol. The van der Waals surface area contributed by atoms with E-state index in [4.69, 9.17) is 4.74 Å². The summed E-state index contributed by atoms with van der Waals surface area (Å²) in [6.07, 6.45) is 0. The number of carbonyl (C=O) groups is 1. The average molecular weight is 412 g/mol. The van der Waals surface area contributed by atoms with Crippen LogP contribution in [-0.4, -0.2) is 50.0 Å². The molecule has 4 rings (SSSR count). The van der Waals surface area contributed by atoms with Gasteiger partial charge in [0.1, 0.15) is 5.75 Å². The van der Waals surface area contributed by atoms with E-state index in [-0.39, 0.29) is 29.3 Å². The largest absolute Gasteiger partial charge is 0.507 e. The number of amides is 1. The van der Waals surface area contributed by atoms with E-state index in [0.29, 0.717) is 18.9 Å². The van der Waals surface area contributed by atoms with Gasteiger partial charge in [-0.25, -0.2) is 8.42 Å². The number of hydrogen-bond acceptors (Lipinski definition) is 5. The molecule has 7 nitrogen and oxygen atoms in total. The Hall–Kier alpha value is -2.94. The summed E-state index contributed by atoms with van der Waals surface area (Å²) in [6.45, 7) is 1.15. The SMILES string of the molecule is O=C(Nc1cccc2ccccc12)c1cc(S(=O)(=O)N2CCOCC2)ccc1O. The van der Waals surface area contributed by atoms with Gasteiger partial charge < -0.3 is 15.2 Å². The first-order valence-electron chi connectivity index (χ1n) is 9.17. The Bertz CT molecular complexity index is 1170. The van der Waals surface area contributed by atoms with Crippen LogP contribution in [0.3, 0.4) is 0 Å². The fourth-order valence-electron chi connectivity index (χ4n) is 3.32. The second-order valence-electron chi connectivity index (χ2n) is 6.68. The van der Waals surface area contributed by atoms with Crippen LogP contribution >= 0.6 is 0 Å². The number of nitrogens with zero attached hydrogens (tertiary/aromatic N) is 1. The monoisotopic (exact) mass is 412 g/mol. The highest BCUT2D eigenvalue weighted by atomic mass is 32.2. The van der Waals surface area contributed by atoms with Crippen LogP contribution in [0.2, 0.25) is 0 Å². The van der Waals surface area contributed by atoms with Crippen LogP contribution in [-0.2, 0) is 14.8 Å². The second kappa shape index (κ2) is 7.82. The fourth-order valence-corrected chi connectivity index (χ4v) is 4.75. The van der Waals surface area contributed by atoms with E-state index in [1.807, 2.05) is 36.4 Å². The van der Waals surface area contributed by atoms with Crippen molar-refractivity contribution in [3.05, 3.63) is 66.2 Å². The molecule has 3 aromatic rings. The number of phenolic OH excluding ortho intramolecular Hbond substituents is 1. The molecule has 1 amide bonds. The summed E-state index contributed by atoms with van der Waals surface area (Å²) in [7, 11) is -3.78. The predicted octanol–water partition coefficient (Wildman–Crippen LogP) is 2.82. The Balaban J connectivity index is 1.66. The van der Waals surface area contributed by atoms with Crippen LogP contribution in [0.4, 0.5) is 5.69 Å². The molecule has 1 heterocycles. The standard InChI is InChI=1S/C21H20N2O5S/c24-20-9-8-16(29(26,27)23-10-12-28-13-11-23)14-18(20)21(25)22-19-7-3-5-15-4-1-2-6-17(15)19/h1-9,14,24H,10-13H2,(H,22,25). The van der Waals surface area contributed by atoms with Gasteiger partial charge in [0.05, 0.1) is 23.7 Å². The van der Waals surface area contributed by atoms with E-state index in [2.05, 4.69) is 5.32 Å². The third kappa shape index (κ3) is 3.82. The Kier molecular flexibility index (Phi) is 5.23. The van der Waals surface area contributed by atoms with Gasteiger partial charge >= 0.3 is 0 Å². The molecule has 0 bridgehead atoms. The van der Waals surface area contributed by atoms with Crippen molar-refractivity contribution in [3.63, 3.8) is 0 Å². The van der Waals surface area contributed by atoms with E-state index < -0.39 is 15.9 Å². The van der Waals surface area contributed by atoms with Crippen LogP contribution < -0.4 is 5.32 Å². The van der Waals surface area contributed by atoms with Gasteiger partial charge in [-0.05, 0) is 29.7 Å². The molecule has 1 aliphatic heterocycles. The molecule has 150 valence electrons. The van der Waals surface area contributed by atoms with E-state index in [9.17, 15) is 18.3 Å². The number of hydrogen-bond donors (Lipinski definition) is 2. The fraction of sp³-hybridized carbons (Fsp3) is 0.190. The summed E-state index contributed by atoms with van der Waals surface area (Å²) in [5.41, 5.74) is 0.473. The molecule has 0 aliphatic carbocycles. The first kappa shape index (κ1) is 19.4. The molecule has 3 aromatic carbocycles. The molecule has 2 N–H and O–H groups in total. The average Bonchev–Trinajstić information content (AvgIpc) is 2.75. The van der Waals surface area contributed by atoms with E-state index >= 15 is 0 Å². The zero-order chi connectivity index (χ0) is 20.4. The third-order valence-corrected chi connectivity index (χ3v) is 6.75. The van der Waals surface area contributed by atoms with Crippen LogP contribution in [0.5, 0.6) is 5.75 Å². The van der Waals surface area contributed by atoms with Crippen LogP contribution in [0.15, 0.2) is 65.6 Å². The Morgan fingerprint density at radius 2 is 1.72 bits per heavy atom. The van der Waals surface area contributed by atoms with Gasteiger partial charge in [-0.3, -0.25) is 4.79 Å². The van der Waals surface area contributed by atoms with Crippen LogP contribution in [0, 0.1) is 0 Å². The molecular weight excluding hydrogens is 392 g/mol. The van der Waals surface area contributed by atoms with Crippen molar-refractivity contribution < 1.29 is 23.1 Å². The first-order valence-corrected chi connectivity index (χ1v) is 10.6. The number of fused-ring (bicyclic) bond motifs is 1. The normalized spacial score (nSPS) is 15.3. The number of morpholine rings is 1. The number of aromatic hydroxyl groups is 1. The third-order valence-electron chi connectivity index (χ3n) is 4.86. The van der Waals surface area contributed by atoms with Gasteiger partial charge in [-0.1, -0.05) is 36.4 Å². The number of carbonyl (C=O) groups excluding carboxylic acids is 1. The van der Waals surface area contributed by atoms with Gasteiger partial charge in [0.25, 0.3) is 5.91 Å². The van der Waals surface area contributed by atoms with Crippen molar-refractivity contribution in [2.24, 2.45) is 0 Å². The Morgan fingerprint density at radius 1 is 1.00 bits per heavy atom. The van der Waals surface area contributed by atoms with Crippen molar-refractivity contribution in [1.29, 1.82) is 0 Å². The molecule has 1 fully saturated rings. The van der Waals surface area contributed by atoms with Crippen LogP contribution in [0.1, 0.15) is 10.4 Å². The molecule has 0 aromatic heterocycles. The van der Waals surface area contributed by atoms with Gasteiger partial charge in [-0.15, -0.1) is 0 Å².